The average molecular weight is 229 g/mol. The fourth-order valence-electron chi connectivity index (χ4n) is 1.76. The molecule has 0 spiro atoms. The second kappa shape index (κ2) is 3.59. The Morgan fingerprint density at radius 2 is 1.82 bits per heavy atom. The molecule has 3 rings (SSSR count). The molecule has 2 aromatic carbocycles. The normalized spacial score (nSPS) is 10.9. The number of halogens is 1. The molecule has 0 amide bonds. The number of benzene rings is 2. The molecule has 0 radical (unpaired) electrons. The fraction of sp³-hybridized carbons (Fsp3) is 0. The van der Waals surface area contributed by atoms with Crippen LogP contribution in [0.5, 0.6) is 5.75 Å². The van der Waals surface area contributed by atoms with Crippen LogP contribution >= 0.6 is 0 Å². The smallest absolute Gasteiger partial charge is 0.209 e. The van der Waals surface area contributed by atoms with E-state index in [4.69, 9.17) is 4.52 Å². The molecule has 4 heteroatoms. The van der Waals surface area contributed by atoms with E-state index in [2.05, 4.69) is 5.16 Å². The molecule has 0 unspecified atom stereocenters. The summed E-state index contributed by atoms with van der Waals surface area (Å²) in [5.74, 6) is -0.257. The van der Waals surface area contributed by atoms with E-state index in [0.717, 1.165) is 5.56 Å². The Kier molecular flexibility index (Phi) is 2.08. The highest BCUT2D eigenvalue weighted by Crippen LogP contribution is 2.32. The van der Waals surface area contributed by atoms with Crippen LogP contribution < -0.4 is 0 Å². The highest BCUT2D eigenvalue weighted by atomic mass is 19.1. The summed E-state index contributed by atoms with van der Waals surface area (Å²) in [6.45, 7) is 0. The van der Waals surface area contributed by atoms with E-state index in [0.29, 0.717) is 16.7 Å². The number of rotatable bonds is 1. The first-order valence-electron chi connectivity index (χ1n) is 5.09. The number of hydrogen-bond acceptors (Lipinski definition) is 3. The molecule has 1 heterocycles. The van der Waals surface area contributed by atoms with Crippen LogP contribution in [-0.2, 0) is 0 Å². The molecular weight excluding hydrogens is 221 g/mol. The molecule has 3 nitrogen and oxygen atoms in total. The van der Waals surface area contributed by atoms with Crippen molar-refractivity contribution in [3.8, 4) is 17.0 Å². The minimum atomic E-state index is -0.301. The molecule has 1 aromatic heterocycles. The zero-order valence-electron chi connectivity index (χ0n) is 8.72. The number of fused-ring (bicyclic) bond motifs is 1. The second-order valence-electron chi connectivity index (χ2n) is 3.69. The summed E-state index contributed by atoms with van der Waals surface area (Å²) in [5, 5.41) is 14.2. The van der Waals surface area contributed by atoms with Crippen molar-refractivity contribution >= 4 is 11.0 Å². The van der Waals surface area contributed by atoms with Crippen LogP contribution in [0.3, 0.4) is 0 Å². The first-order chi connectivity index (χ1) is 8.25. The number of phenolic OH excluding ortho intramolecular Hbond substituents is 1. The lowest BCUT2D eigenvalue weighted by Crippen LogP contribution is -1.79. The second-order valence-corrected chi connectivity index (χ2v) is 3.69. The highest BCUT2D eigenvalue weighted by Gasteiger charge is 2.12. The molecule has 17 heavy (non-hydrogen) atoms. The van der Waals surface area contributed by atoms with Crippen LogP contribution in [0.1, 0.15) is 0 Å². The summed E-state index contributed by atoms with van der Waals surface area (Å²) in [5.41, 5.74) is 1.68. The van der Waals surface area contributed by atoms with Crippen LogP contribution in [0.2, 0.25) is 0 Å². The van der Waals surface area contributed by atoms with E-state index >= 15 is 0 Å². The van der Waals surface area contributed by atoms with E-state index < -0.39 is 0 Å². The predicted molar refractivity (Wildman–Crippen MR) is 61.1 cm³/mol. The summed E-state index contributed by atoms with van der Waals surface area (Å²) in [6, 6.07) is 11.0. The monoisotopic (exact) mass is 229 g/mol. The van der Waals surface area contributed by atoms with Crippen LogP contribution in [0.4, 0.5) is 4.39 Å². The largest absolute Gasteiger partial charge is 0.504 e. The Morgan fingerprint density at radius 3 is 2.59 bits per heavy atom. The van der Waals surface area contributed by atoms with E-state index in [9.17, 15) is 9.50 Å². The Labute approximate surface area is 96.1 Å². The Hall–Kier alpha value is -2.36. The maximum absolute atomic E-state index is 12.8. The first kappa shape index (κ1) is 9.84. The van der Waals surface area contributed by atoms with Gasteiger partial charge in [-0.25, -0.2) is 4.39 Å². The third-order valence-electron chi connectivity index (χ3n) is 2.60. The number of aromatic hydroxyl groups is 1. The number of hydrogen-bond donors (Lipinski definition) is 1. The van der Waals surface area contributed by atoms with Crippen molar-refractivity contribution in [3.05, 3.63) is 48.3 Å². The van der Waals surface area contributed by atoms with Crippen LogP contribution in [0.25, 0.3) is 22.2 Å². The van der Waals surface area contributed by atoms with Gasteiger partial charge in [0.25, 0.3) is 0 Å². The van der Waals surface area contributed by atoms with Gasteiger partial charge in [0.05, 0.1) is 5.39 Å². The number of para-hydroxylation sites is 1. The van der Waals surface area contributed by atoms with Crippen LogP contribution in [0, 0.1) is 5.82 Å². The SMILES string of the molecule is Oc1cccc2c(-c3ccc(F)cc3)noc12. The predicted octanol–water partition coefficient (Wildman–Crippen LogP) is 3.34. The molecule has 0 aliphatic heterocycles. The van der Waals surface area contributed by atoms with E-state index in [1.54, 1.807) is 24.3 Å². The van der Waals surface area contributed by atoms with Gasteiger partial charge in [-0.15, -0.1) is 0 Å². The zero-order valence-corrected chi connectivity index (χ0v) is 8.72. The van der Waals surface area contributed by atoms with Crippen molar-refractivity contribution < 1.29 is 14.0 Å². The molecule has 0 aliphatic carbocycles. The van der Waals surface area contributed by atoms with Gasteiger partial charge >= 0.3 is 0 Å². The minimum Gasteiger partial charge on any atom is -0.504 e. The fourth-order valence-corrected chi connectivity index (χ4v) is 1.76. The molecule has 0 saturated heterocycles. The summed E-state index contributed by atoms with van der Waals surface area (Å²) >= 11 is 0. The van der Waals surface area contributed by atoms with Gasteiger partial charge in [-0.1, -0.05) is 11.2 Å². The Balaban J connectivity index is 2.24. The molecule has 3 aromatic rings. The van der Waals surface area contributed by atoms with Crippen molar-refractivity contribution in [1.82, 2.24) is 5.16 Å². The van der Waals surface area contributed by atoms with Gasteiger partial charge in [-0.3, -0.25) is 0 Å². The topological polar surface area (TPSA) is 46.3 Å². The minimum absolute atomic E-state index is 0.0448. The number of aromatic nitrogens is 1. The van der Waals surface area contributed by atoms with Gasteiger partial charge < -0.3 is 9.63 Å². The average Bonchev–Trinajstić information content (AvgIpc) is 2.75. The lowest BCUT2D eigenvalue weighted by atomic mass is 10.1. The van der Waals surface area contributed by atoms with Crippen molar-refractivity contribution in [2.45, 2.75) is 0 Å². The summed E-state index contributed by atoms with van der Waals surface area (Å²) in [7, 11) is 0. The molecular formula is C13H8FNO2. The molecule has 0 saturated carbocycles. The molecule has 0 bridgehead atoms. The van der Waals surface area contributed by atoms with Crippen LogP contribution in [0.15, 0.2) is 47.0 Å². The van der Waals surface area contributed by atoms with Gasteiger partial charge in [-0.05, 0) is 36.4 Å². The van der Waals surface area contributed by atoms with Gasteiger partial charge in [0.1, 0.15) is 11.5 Å². The zero-order chi connectivity index (χ0) is 11.8. The third kappa shape index (κ3) is 1.54. The highest BCUT2D eigenvalue weighted by molar-refractivity contribution is 5.94. The molecule has 0 atom stereocenters. The van der Waals surface area contributed by atoms with Crippen LogP contribution in [-0.4, -0.2) is 10.3 Å². The lowest BCUT2D eigenvalue weighted by Gasteiger charge is -1.96. The van der Waals surface area contributed by atoms with Gasteiger partial charge in [-0.2, -0.15) is 0 Å². The van der Waals surface area contributed by atoms with E-state index in [-0.39, 0.29) is 11.6 Å². The van der Waals surface area contributed by atoms with Gasteiger partial charge in [0.15, 0.2) is 5.75 Å². The van der Waals surface area contributed by atoms with Gasteiger partial charge in [0.2, 0.25) is 5.58 Å². The summed E-state index contributed by atoms with van der Waals surface area (Å²) < 4.78 is 17.9. The molecule has 0 fully saturated rings. The van der Waals surface area contributed by atoms with Crippen molar-refractivity contribution in [2.24, 2.45) is 0 Å². The van der Waals surface area contributed by atoms with Crippen molar-refractivity contribution in [1.29, 1.82) is 0 Å². The Morgan fingerprint density at radius 1 is 1.06 bits per heavy atom. The van der Waals surface area contributed by atoms with E-state index in [1.165, 1.54) is 18.2 Å². The van der Waals surface area contributed by atoms with Crippen molar-refractivity contribution in [3.63, 3.8) is 0 Å². The lowest BCUT2D eigenvalue weighted by molar-refractivity contribution is 0.424. The maximum atomic E-state index is 12.8. The van der Waals surface area contributed by atoms with Gasteiger partial charge in [0, 0.05) is 5.56 Å². The molecule has 1 N–H and O–H groups in total. The summed E-state index contributed by atoms with van der Waals surface area (Å²) in [4.78, 5) is 0. The Bertz CT molecular complexity index is 673. The van der Waals surface area contributed by atoms with Crippen molar-refractivity contribution in [2.75, 3.05) is 0 Å². The molecule has 0 aliphatic rings. The quantitative estimate of drug-likeness (QED) is 0.696. The summed E-state index contributed by atoms with van der Waals surface area (Å²) in [6.07, 6.45) is 0. The van der Waals surface area contributed by atoms with E-state index in [1.807, 2.05) is 0 Å². The molecule has 84 valence electrons. The number of phenols is 1. The maximum Gasteiger partial charge on any atom is 0.209 e. The number of nitrogens with zero attached hydrogens (tertiary/aromatic N) is 1. The third-order valence-corrected chi connectivity index (χ3v) is 2.60. The standard InChI is InChI=1S/C13H8FNO2/c14-9-6-4-8(5-7-9)12-10-2-1-3-11(16)13(10)17-15-12/h1-7,16H. The first-order valence-corrected chi connectivity index (χ1v) is 5.09.